The Morgan fingerprint density at radius 1 is 0.935 bits per heavy atom. The number of aliphatic hydroxyl groups is 1. The summed E-state index contributed by atoms with van der Waals surface area (Å²) in [7, 11) is 0. The molecule has 0 heterocycles. The molecule has 0 aliphatic heterocycles. The Bertz CT molecular complexity index is 987. The quantitative estimate of drug-likeness (QED) is 0.104. The zero-order valence-corrected chi connectivity index (χ0v) is 30.3. The molecule has 0 unspecified atom stereocenters. The van der Waals surface area contributed by atoms with Crippen molar-refractivity contribution in [2.24, 2.45) is 63.7 Å². The van der Waals surface area contributed by atoms with Gasteiger partial charge in [-0.1, -0.05) is 27.7 Å². The van der Waals surface area contributed by atoms with Gasteiger partial charge in [0.15, 0.2) is 0 Å². The second kappa shape index (κ2) is 17.3. The summed E-state index contributed by atoms with van der Waals surface area (Å²) < 4.78 is 0. The lowest BCUT2D eigenvalue weighted by Crippen LogP contribution is -2.59. The molecular formula is C37H68N4O4S. The van der Waals surface area contributed by atoms with Gasteiger partial charge < -0.3 is 32.3 Å². The van der Waals surface area contributed by atoms with Gasteiger partial charge >= 0.3 is 5.97 Å². The number of aliphatic hydroxyl groups excluding tert-OH is 1. The number of carboxylic acids is 1. The molecule has 0 saturated heterocycles. The summed E-state index contributed by atoms with van der Waals surface area (Å²) in [6, 6.07) is -0.294. The third-order valence-corrected chi connectivity index (χ3v) is 14.9. The highest BCUT2D eigenvalue weighted by molar-refractivity contribution is 7.99. The first-order chi connectivity index (χ1) is 21.9. The zero-order valence-electron chi connectivity index (χ0n) is 29.5. The Morgan fingerprint density at radius 2 is 1.65 bits per heavy atom. The minimum absolute atomic E-state index is 0.0782. The molecule has 0 aromatic carbocycles. The smallest absolute Gasteiger partial charge is 0.321 e. The normalized spacial score (nSPS) is 37.5. The summed E-state index contributed by atoms with van der Waals surface area (Å²) in [5, 5.41) is 28.2. The number of carboxylic acid groups (broad SMARTS) is 1. The van der Waals surface area contributed by atoms with Gasteiger partial charge in [0.1, 0.15) is 11.8 Å². The molecule has 0 bridgehead atoms. The maximum Gasteiger partial charge on any atom is 0.321 e. The van der Waals surface area contributed by atoms with Crippen molar-refractivity contribution >= 4 is 23.5 Å². The predicted octanol–water partition coefficient (Wildman–Crippen LogP) is 5.06. The highest BCUT2D eigenvalue weighted by atomic mass is 32.2. The van der Waals surface area contributed by atoms with Gasteiger partial charge in [0.05, 0.1) is 6.10 Å². The summed E-state index contributed by atoms with van der Waals surface area (Å²) in [6.07, 6.45) is 14.4. The van der Waals surface area contributed by atoms with E-state index in [1.807, 2.05) is 6.92 Å². The van der Waals surface area contributed by atoms with E-state index in [1.165, 1.54) is 56.7 Å². The first-order valence-electron chi connectivity index (χ1n) is 18.8. The van der Waals surface area contributed by atoms with Crippen LogP contribution in [0.3, 0.4) is 0 Å². The van der Waals surface area contributed by atoms with Crippen LogP contribution in [-0.2, 0) is 9.59 Å². The minimum Gasteiger partial charge on any atom is -0.480 e. The number of nitrogens with one attached hydrogen (secondary N) is 2. The molecule has 8 nitrogen and oxygen atoms in total. The summed E-state index contributed by atoms with van der Waals surface area (Å²) in [6.45, 7) is 13.4. The van der Waals surface area contributed by atoms with Crippen LogP contribution < -0.4 is 22.1 Å². The van der Waals surface area contributed by atoms with Crippen LogP contribution in [-0.4, -0.2) is 77.8 Å². The molecule has 4 fully saturated rings. The van der Waals surface area contributed by atoms with E-state index in [4.69, 9.17) is 16.6 Å². The third-order valence-electron chi connectivity index (χ3n) is 13.6. The number of nitrogens with two attached hydrogens (primary N) is 2. The van der Waals surface area contributed by atoms with Crippen LogP contribution in [0, 0.1) is 52.3 Å². The molecule has 0 aromatic heterocycles. The number of unbranched alkanes of at least 4 members (excludes halogenated alkanes) is 1. The van der Waals surface area contributed by atoms with E-state index < -0.39 is 12.0 Å². The molecule has 0 spiro atoms. The molecule has 8 N–H and O–H groups in total. The standard InChI is InChI=1S/C37H68N4O4S/c1-24(8-11-32(42)25(2)22-46-23-31(39)35(44)45)28-9-10-29-34-30(13-15-37(28,29)4)36(3)14-12-27(20-26(36)21-33(34)43)41-19-7-18-40-17-6-5-16-38/h24-31,33-34,40-41,43H,5-23,38-39H2,1-4H3,(H,44,45)/t24-,25+,26-,27+,28-,29+,30+,31-,33-,34+,36+,37-/m1/s1. The minimum atomic E-state index is -0.989. The average Bonchev–Trinajstić information content (AvgIpc) is 3.38. The van der Waals surface area contributed by atoms with Gasteiger partial charge in [-0.3, -0.25) is 9.59 Å². The molecule has 46 heavy (non-hydrogen) atoms. The number of hydrogen-bond acceptors (Lipinski definition) is 8. The number of carbonyl (C=O) groups excluding carboxylic acids is 1. The van der Waals surface area contributed by atoms with Gasteiger partial charge in [0.2, 0.25) is 0 Å². The molecule has 12 atom stereocenters. The molecule has 0 radical (unpaired) electrons. The first-order valence-corrected chi connectivity index (χ1v) is 20.0. The van der Waals surface area contributed by atoms with Crippen molar-refractivity contribution in [1.82, 2.24) is 10.6 Å². The predicted molar refractivity (Wildman–Crippen MR) is 190 cm³/mol. The number of hydrogen-bond donors (Lipinski definition) is 6. The van der Waals surface area contributed by atoms with Crippen LogP contribution in [0.25, 0.3) is 0 Å². The van der Waals surface area contributed by atoms with E-state index in [1.54, 1.807) is 0 Å². The molecule has 4 aliphatic rings. The van der Waals surface area contributed by atoms with Gasteiger partial charge in [0, 0.05) is 29.9 Å². The van der Waals surface area contributed by atoms with Crippen molar-refractivity contribution in [2.45, 2.75) is 129 Å². The summed E-state index contributed by atoms with van der Waals surface area (Å²) >= 11 is 1.47. The van der Waals surface area contributed by atoms with Crippen molar-refractivity contribution in [3.05, 3.63) is 0 Å². The molecular weight excluding hydrogens is 596 g/mol. The number of carbonyl (C=O) groups is 2. The van der Waals surface area contributed by atoms with E-state index in [-0.39, 0.29) is 23.2 Å². The van der Waals surface area contributed by atoms with Crippen molar-refractivity contribution < 1.29 is 19.8 Å². The second-order valence-electron chi connectivity index (χ2n) is 16.4. The molecule has 0 aromatic rings. The van der Waals surface area contributed by atoms with Crippen molar-refractivity contribution in [1.29, 1.82) is 0 Å². The van der Waals surface area contributed by atoms with Gasteiger partial charge in [0.25, 0.3) is 0 Å². The van der Waals surface area contributed by atoms with Crippen molar-refractivity contribution in [3.8, 4) is 0 Å². The number of ketones is 1. The molecule has 9 heteroatoms. The van der Waals surface area contributed by atoms with E-state index in [2.05, 4.69) is 31.4 Å². The fourth-order valence-electron chi connectivity index (χ4n) is 10.8. The van der Waals surface area contributed by atoms with Gasteiger partial charge in [-0.25, -0.2) is 0 Å². The number of Topliss-reactive ketones (excluding diaryl/α,β-unsaturated/α-hetero) is 1. The molecule has 4 saturated carbocycles. The molecule has 266 valence electrons. The van der Waals surface area contributed by atoms with E-state index in [0.717, 1.165) is 58.3 Å². The highest BCUT2D eigenvalue weighted by Gasteiger charge is 2.62. The van der Waals surface area contributed by atoms with Crippen LogP contribution in [0.15, 0.2) is 0 Å². The number of thioether (sulfide) groups is 1. The Labute approximate surface area is 284 Å². The van der Waals surface area contributed by atoms with Crippen LogP contribution in [0.1, 0.15) is 111 Å². The van der Waals surface area contributed by atoms with Crippen LogP contribution in [0.4, 0.5) is 0 Å². The largest absolute Gasteiger partial charge is 0.480 e. The highest BCUT2D eigenvalue weighted by Crippen LogP contribution is 2.68. The Balaban J connectivity index is 1.25. The first kappa shape index (κ1) is 38.1. The number of aliphatic carboxylic acids is 1. The Kier molecular flexibility index (Phi) is 14.3. The molecule has 4 aliphatic carbocycles. The lowest BCUT2D eigenvalue weighted by molar-refractivity contribution is -0.167. The van der Waals surface area contributed by atoms with Crippen molar-refractivity contribution in [2.75, 3.05) is 37.7 Å². The average molecular weight is 665 g/mol. The van der Waals surface area contributed by atoms with Crippen LogP contribution in [0.5, 0.6) is 0 Å². The SMILES string of the molecule is C[C@H](CCC(=O)[C@@H](C)CSC[C@@H](N)C(=O)O)[C@H]1CC[C@H]2[C@@H]3[C@H](O)C[C@H]4C[C@@H](NCCCNCCCCN)CC[C@]4(C)[C@H]3CC[C@]12C. The molecule has 4 rings (SSSR count). The number of fused-ring (bicyclic) bond motifs is 5. The van der Waals surface area contributed by atoms with E-state index in [9.17, 15) is 14.7 Å². The lowest BCUT2D eigenvalue weighted by Gasteiger charge is -2.62. The fourth-order valence-corrected chi connectivity index (χ4v) is 11.8. The summed E-state index contributed by atoms with van der Waals surface area (Å²) in [5.41, 5.74) is 11.8. The van der Waals surface area contributed by atoms with E-state index in [0.29, 0.717) is 64.9 Å². The number of rotatable bonds is 19. The summed E-state index contributed by atoms with van der Waals surface area (Å²) in [4.78, 5) is 24.0. The second-order valence-corrected chi connectivity index (χ2v) is 17.5. The van der Waals surface area contributed by atoms with Gasteiger partial charge in [-0.15, -0.1) is 0 Å². The van der Waals surface area contributed by atoms with Gasteiger partial charge in [-0.2, -0.15) is 11.8 Å². The third kappa shape index (κ3) is 8.90. The molecule has 0 amide bonds. The fraction of sp³-hybridized carbons (Fsp3) is 0.946. The Morgan fingerprint density at radius 3 is 2.39 bits per heavy atom. The van der Waals surface area contributed by atoms with Gasteiger partial charge in [-0.05, 0) is 150 Å². The Hall–Kier alpha value is -0.710. The van der Waals surface area contributed by atoms with Crippen LogP contribution >= 0.6 is 11.8 Å². The van der Waals surface area contributed by atoms with Crippen LogP contribution in [0.2, 0.25) is 0 Å². The zero-order chi connectivity index (χ0) is 33.5. The van der Waals surface area contributed by atoms with E-state index >= 15 is 0 Å². The maximum absolute atomic E-state index is 13.0. The summed E-state index contributed by atoms with van der Waals surface area (Å²) in [5.74, 6) is 3.52. The lowest BCUT2D eigenvalue weighted by atomic mass is 9.43. The maximum atomic E-state index is 13.0. The monoisotopic (exact) mass is 664 g/mol. The van der Waals surface area contributed by atoms with Crippen molar-refractivity contribution in [3.63, 3.8) is 0 Å². The topological polar surface area (TPSA) is 151 Å².